The Morgan fingerprint density at radius 3 is 2.11 bits per heavy atom. The summed E-state index contributed by atoms with van der Waals surface area (Å²) in [5.74, 6) is 3.26. The van der Waals surface area contributed by atoms with Gasteiger partial charge in [-0.25, -0.2) is 0 Å². The lowest BCUT2D eigenvalue weighted by Crippen LogP contribution is -2.92. The average molecular weight is 250 g/mol. The van der Waals surface area contributed by atoms with Gasteiger partial charge in [-0.2, -0.15) is 0 Å². The predicted molar refractivity (Wildman–Crippen MR) is 72.2 cm³/mol. The molecule has 4 aliphatic rings. The Bertz CT molecular complexity index is 301. The van der Waals surface area contributed by atoms with Crippen molar-refractivity contribution in [2.75, 3.05) is 6.54 Å². The van der Waals surface area contributed by atoms with E-state index in [0.717, 1.165) is 24.3 Å². The van der Waals surface area contributed by atoms with Gasteiger partial charge in [-0.05, 0) is 69.6 Å². The van der Waals surface area contributed by atoms with Gasteiger partial charge in [-0.15, -0.1) is 0 Å². The van der Waals surface area contributed by atoms with E-state index in [1.54, 1.807) is 0 Å². The summed E-state index contributed by atoms with van der Waals surface area (Å²) in [4.78, 5) is 12.9. The van der Waals surface area contributed by atoms with E-state index in [9.17, 15) is 4.79 Å². The minimum Gasteiger partial charge on any atom is -0.338 e. The van der Waals surface area contributed by atoms with Crippen LogP contribution in [-0.4, -0.2) is 18.4 Å². The van der Waals surface area contributed by atoms with Crippen molar-refractivity contribution >= 4 is 5.78 Å². The number of nitrogens with two attached hydrogens (primary N) is 1. The number of carbonyl (C=O) groups excluding carboxylic acids is 1. The minimum absolute atomic E-state index is 0.110. The zero-order valence-corrected chi connectivity index (χ0v) is 12.0. The summed E-state index contributed by atoms with van der Waals surface area (Å²) >= 11 is 0. The summed E-state index contributed by atoms with van der Waals surface area (Å²) in [6, 6.07) is 0.196. The van der Waals surface area contributed by atoms with Crippen LogP contribution in [0.1, 0.15) is 58.8 Å². The first-order valence-corrected chi connectivity index (χ1v) is 8.00. The topological polar surface area (TPSA) is 33.7 Å². The lowest BCUT2D eigenvalue weighted by atomic mass is 9.48. The zero-order chi connectivity index (χ0) is 12.8. The standard InChI is InChI=1S/C16H27NO/c1-3-4-17-11(2)15(18)16-8-12-5-13(9-16)7-14(6-12)10-16/h11-14,17H,3-10H2,1-2H3/p+1/t11-,12?,13?,14?,16?/m0/s1. The molecule has 4 fully saturated rings. The molecule has 0 aromatic heterocycles. The molecule has 0 saturated heterocycles. The number of carbonyl (C=O) groups is 1. The van der Waals surface area contributed by atoms with E-state index in [1.165, 1.54) is 44.9 Å². The molecular formula is C16H28NO+. The number of hydrogen-bond donors (Lipinski definition) is 1. The molecule has 2 N–H and O–H groups in total. The molecule has 1 atom stereocenters. The molecule has 0 radical (unpaired) electrons. The normalized spacial score (nSPS) is 43.1. The van der Waals surface area contributed by atoms with Crippen molar-refractivity contribution in [3.05, 3.63) is 0 Å². The Labute approximate surface area is 111 Å². The molecule has 0 aliphatic heterocycles. The van der Waals surface area contributed by atoms with Crippen molar-refractivity contribution < 1.29 is 10.1 Å². The van der Waals surface area contributed by atoms with Gasteiger partial charge in [0.2, 0.25) is 0 Å². The van der Waals surface area contributed by atoms with E-state index >= 15 is 0 Å². The number of ketones is 1. The fourth-order valence-corrected chi connectivity index (χ4v) is 5.42. The van der Waals surface area contributed by atoms with E-state index in [0.29, 0.717) is 5.78 Å². The second kappa shape index (κ2) is 4.63. The first kappa shape index (κ1) is 12.7. The largest absolute Gasteiger partial charge is 0.338 e. The van der Waals surface area contributed by atoms with Crippen LogP contribution in [0.3, 0.4) is 0 Å². The summed E-state index contributed by atoms with van der Waals surface area (Å²) in [5.41, 5.74) is 0.110. The summed E-state index contributed by atoms with van der Waals surface area (Å²) in [5, 5.41) is 2.26. The molecule has 0 unspecified atom stereocenters. The Morgan fingerprint density at radius 2 is 1.67 bits per heavy atom. The number of quaternary nitrogens is 1. The SMILES string of the molecule is CCC[NH2+][C@@H](C)C(=O)C12CC3CC(CC(C3)C1)C2. The van der Waals surface area contributed by atoms with Crippen LogP contribution in [0.2, 0.25) is 0 Å². The first-order valence-electron chi connectivity index (χ1n) is 8.00. The quantitative estimate of drug-likeness (QED) is 0.797. The summed E-state index contributed by atoms with van der Waals surface area (Å²) in [7, 11) is 0. The van der Waals surface area contributed by atoms with Crippen LogP contribution in [0.5, 0.6) is 0 Å². The van der Waals surface area contributed by atoms with E-state index in [2.05, 4.69) is 19.2 Å². The molecule has 0 amide bonds. The third kappa shape index (κ3) is 2.03. The molecule has 2 heteroatoms. The number of Topliss-reactive ketones (excluding diaryl/α,β-unsaturated/α-hetero) is 1. The second-order valence-electron chi connectivity index (χ2n) is 7.38. The molecule has 4 saturated carbocycles. The molecule has 0 heterocycles. The Hall–Kier alpha value is -0.370. The summed E-state index contributed by atoms with van der Waals surface area (Å²) in [6.07, 6.45) is 9.13. The van der Waals surface area contributed by atoms with E-state index in [4.69, 9.17) is 0 Å². The fourth-order valence-electron chi connectivity index (χ4n) is 5.42. The third-order valence-corrected chi connectivity index (χ3v) is 5.78. The summed E-state index contributed by atoms with van der Waals surface area (Å²) in [6.45, 7) is 5.42. The lowest BCUT2D eigenvalue weighted by molar-refractivity contribution is -0.674. The van der Waals surface area contributed by atoms with E-state index < -0.39 is 0 Å². The molecule has 2 nitrogen and oxygen atoms in total. The monoisotopic (exact) mass is 250 g/mol. The smallest absolute Gasteiger partial charge is 0.195 e. The fraction of sp³-hybridized carbons (Fsp3) is 0.938. The average Bonchev–Trinajstić information content (AvgIpc) is 2.33. The highest BCUT2D eigenvalue weighted by molar-refractivity contribution is 5.88. The molecule has 4 rings (SSSR count). The highest BCUT2D eigenvalue weighted by atomic mass is 16.1. The van der Waals surface area contributed by atoms with Crippen molar-refractivity contribution in [3.8, 4) is 0 Å². The van der Waals surface area contributed by atoms with E-state index in [-0.39, 0.29) is 11.5 Å². The van der Waals surface area contributed by atoms with Crippen molar-refractivity contribution in [3.63, 3.8) is 0 Å². The molecule has 4 aliphatic carbocycles. The Morgan fingerprint density at radius 1 is 1.17 bits per heavy atom. The van der Waals surface area contributed by atoms with Crippen molar-refractivity contribution in [2.45, 2.75) is 64.8 Å². The summed E-state index contributed by atoms with van der Waals surface area (Å²) < 4.78 is 0. The van der Waals surface area contributed by atoms with Crippen LogP contribution in [0.15, 0.2) is 0 Å². The van der Waals surface area contributed by atoms with Gasteiger partial charge in [-0.3, -0.25) is 4.79 Å². The van der Waals surface area contributed by atoms with Crippen LogP contribution < -0.4 is 5.32 Å². The van der Waals surface area contributed by atoms with Crippen LogP contribution in [0, 0.1) is 23.2 Å². The molecule has 4 bridgehead atoms. The maximum absolute atomic E-state index is 12.9. The minimum atomic E-state index is 0.110. The molecule has 0 aromatic carbocycles. The van der Waals surface area contributed by atoms with Gasteiger partial charge < -0.3 is 5.32 Å². The van der Waals surface area contributed by atoms with Crippen LogP contribution >= 0.6 is 0 Å². The van der Waals surface area contributed by atoms with Crippen molar-refractivity contribution in [1.82, 2.24) is 0 Å². The second-order valence-corrected chi connectivity index (χ2v) is 7.38. The highest BCUT2D eigenvalue weighted by Crippen LogP contribution is 2.60. The van der Waals surface area contributed by atoms with Crippen LogP contribution in [0.25, 0.3) is 0 Å². The van der Waals surface area contributed by atoms with Gasteiger partial charge in [0.05, 0.1) is 6.54 Å². The third-order valence-electron chi connectivity index (χ3n) is 5.78. The van der Waals surface area contributed by atoms with Crippen molar-refractivity contribution in [2.24, 2.45) is 23.2 Å². The Balaban J connectivity index is 1.72. The molecule has 102 valence electrons. The first-order chi connectivity index (χ1) is 8.63. The van der Waals surface area contributed by atoms with Gasteiger partial charge in [0.25, 0.3) is 0 Å². The number of hydrogen-bond acceptors (Lipinski definition) is 1. The highest BCUT2D eigenvalue weighted by Gasteiger charge is 2.55. The Kier molecular flexibility index (Phi) is 3.25. The zero-order valence-electron chi connectivity index (χ0n) is 12.0. The predicted octanol–water partition coefficient (Wildman–Crippen LogP) is 2.13. The maximum atomic E-state index is 12.9. The molecular weight excluding hydrogens is 222 g/mol. The lowest BCUT2D eigenvalue weighted by Gasteiger charge is -2.56. The van der Waals surface area contributed by atoms with Crippen LogP contribution in [0.4, 0.5) is 0 Å². The van der Waals surface area contributed by atoms with Gasteiger partial charge in [0, 0.05) is 5.41 Å². The molecule has 0 aromatic rings. The van der Waals surface area contributed by atoms with Gasteiger partial charge >= 0.3 is 0 Å². The number of rotatable bonds is 5. The van der Waals surface area contributed by atoms with Gasteiger partial charge in [0.15, 0.2) is 5.78 Å². The van der Waals surface area contributed by atoms with Gasteiger partial charge in [0.1, 0.15) is 6.04 Å². The van der Waals surface area contributed by atoms with Crippen LogP contribution in [-0.2, 0) is 4.79 Å². The van der Waals surface area contributed by atoms with E-state index in [1.807, 2.05) is 0 Å². The van der Waals surface area contributed by atoms with Crippen molar-refractivity contribution in [1.29, 1.82) is 0 Å². The molecule has 18 heavy (non-hydrogen) atoms. The van der Waals surface area contributed by atoms with Gasteiger partial charge in [-0.1, -0.05) is 6.92 Å². The molecule has 0 spiro atoms. The maximum Gasteiger partial charge on any atom is 0.195 e.